The summed E-state index contributed by atoms with van der Waals surface area (Å²) in [6.07, 6.45) is 2.90. The molecule has 0 bridgehead atoms. The van der Waals surface area contributed by atoms with Crippen molar-refractivity contribution in [2.75, 3.05) is 32.2 Å². The van der Waals surface area contributed by atoms with E-state index in [0.29, 0.717) is 37.6 Å². The van der Waals surface area contributed by atoms with E-state index in [1.54, 1.807) is 17.2 Å². The van der Waals surface area contributed by atoms with Gasteiger partial charge < -0.3 is 19.9 Å². The number of amides is 1. The van der Waals surface area contributed by atoms with Crippen LogP contribution in [0, 0.1) is 12.7 Å². The van der Waals surface area contributed by atoms with E-state index in [1.807, 2.05) is 21.0 Å². The van der Waals surface area contributed by atoms with E-state index in [1.165, 1.54) is 12.1 Å². The quantitative estimate of drug-likeness (QED) is 0.892. The number of nitrogens with one attached hydrogen (secondary N) is 2. The fourth-order valence-corrected chi connectivity index (χ4v) is 3.05. The molecule has 0 radical (unpaired) electrons. The van der Waals surface area contributed by atoms with Gasteiger partial charge in [-0.15, -0.1) is 0 Å². The average molecular weight is 346 g/mol. The predicted octanol–water partition coefficient (Wildman–Crippen LogP) is 2.36. The van der Waals surface area contributed by atoms with Gasteiger partial charge in [0.05, 0.1) is 5.56 Å². The van der Waals surface area contributed by atoms with Gasteiger partial charge in [0.15, 0.2) is 0 Å². The van der Waals surface area contributed by atoms with E-state index < -0.39 is 17.3 Å². The van der Waals surface area contributed by atoms with E-state index >= 15 is 0 Å². The largest absolute Gasteiger partial charge is 0.381 e. The lowest BCUT2D eigenvalue weighted by Gasteiger charge is -2.36. The van der Waals surface area contributed by atoms with Crippen LogP contribution in [0.15, 0.2) is 24.4 Å². The summed E-state index contributed by atoms with van der Waals surface area (Å²) >= 11 is 0. The summed E-state index contributed by atoms with van der Waals surface area (Å²) in [6, 6.07) is 4.61. The minimum absolute atomic E-state index is 0.0275. The lowest BCUT2D eigenvalue weighted by Crippen LogP contribution is -2.50. The molecule has 25 heavy (non-hydrogen) atoms. The molecule has 0 saturated carbocycles. The summed E-state index contributed by atoms with van der Waals surface area (Å²) in [4.78, 5) is 22.1. The molecule has 7 heteroatoms. The monoisotopic (exact) mass is 346 g/mol. The number of anilines is 1. The third-order valence-corrected chi connectivity index (χ3v) is 4.57. The topological polar surface area (TPSA) is 70.2 Å². The predicted molar refractivity (Wildman–Crippen MR) is 93.2 cm³/mol. The van der Waals surface area contributed by atoms with Crippen molar-refractivity contribution >= 4 is 11.6 Å². The number of benzene rings is 1. The number of rotatable bonds is 4. The van der Waals surface area contributed by atoms with E-state index in [9.17, 15) is 9.18 Å². The second-order valence-corrected chi connectivity index (χ2v) is 6.62. The molecule has 3 rings (SSSR count). The summed E-state index contributed by atoms with van der Waals surface area (Å²) in [5.41, 5.74) is 0.976. The van der Waals surface area contributed by atoms with Crippen molar-refractivity contribution in [2.24, 2.45) is 0 Å². The van der Waals surface area contributed by atoms with Crippen LogP contribution in [-0.2, 0) is 10.3 Å². The van der Waals surface area contributed by atoms with E-state index in [2.05, 4.69) is 15.3 Å². The Morgan fingerprint density at radius 1 is 1.36 bits per heavy atom. The number of carbonyl (C=O) groups is 1. The van der Waals surface area contributed by atoms with Gasteiger partial charge >= 0.3 is 0 Å². The van der Waals surface area contributed by atoms with Gasteiger partial charge in [-0.05, 0) is 25.1 Å². The van der Waals surface area contributed by atoms with Crippen LogP contribution in [0.1, 0.15) is 34.7 Å². The molecule has 2 aromatic rings. The van der Waals surface area contributed by atoms with Crippen LogP contribution in [-0.4, -0.2) is 43.2 Å². The molecular weight excluding hydrogens is 323 g/mol. The Morgan fingerprint density at radius 3 is 2.64 bits per heavy atom. The SMILES string of the molecule is Cc1cnc(C2(NC(=O)c3ccc(N(C)C)cc3F)CCOCC2)[nH]1. The highest BCUT2D eigenvalue weighted by Crippen LogP contribution is 2.31. The molecule has 0 atom stereocenters. The molecule has 2 heterocycles. The van der Waals surface area contributed by atoms with Gasteiger partial charge in [0.1, 0.15) is 17.2 Å². The maximum Gasteiger partial charge on any atom is 0.255 e. The smallest absolute Gasteiger partial charge is 0.255 e. The van der Waals surface area contributed by atoms with Gasteiger partial charge in [-0.1, -0.05) is 0 Å². The van der Waals surface area contributed by atoms with Gasteiger partial charge in [0.2, 0.25) is 0 Å². The second kappa shape index (κ2) is 6.84. The van der Waals surface area contributed by atoms with Crippen LogP contribution in [0.3, 0.4) is 0 Å². The molecule has 0 spiro atoms. The number of ether oxygens (including phenoxy) is 1. The zero-order valence-corrected chi connectivity index (χ0v) is 14.7. The first-order valence-corrected chi connectivity index (χ1v) is 8.30. The van der Waals surface area contributed by atoms with Gasteiger partial charge in [-0.25, -0.2) is 9.37 Å². The standard InChI is InChI=1S/C18H23FN4O2/c1-12-11-20-17(21-12)18(6-8-25-9-7-18)22-16(24)14-5-4-13(23(2)3)10-15(14)19/h4-5,10-11H,6-9H2,1-3H3,(H,20,21)(H,22,24). The van der Waals surface area contributed by atoms with E-state index in [-0.39, 0.29) is 5.56 Å². The van der Waals surface area contributed by atoms with Crippen molar-refractivity contribution in [3.8, 4) is 0 Å². The minimum Gasteiger partial charge on any atom is -0.381 e. The van der Waals surface area contributed by atoms with Gasteiger partial charge in [0.25, 0.3) is 5.91 Å². The third kappa shape index (κ3) is 3.51. The highest BCUT2D eigenvalue weighted by Gasteiger charge is 2.39. The number of imidazole rings is 1. The highest BCUT2D eigenvalue weighted by atomic mass is 19.1. The fraction of sp³-hybridized carbons (Fsp3) is 0.444. The van der Waals surface area contributed by atoms with Crippen LogP contribution in [0.4, 0.5) is 10.1 Å². The summed E-state index contributed by atoms with van der Waals surface area (Å²) in [6.45, 7) is 2.94. The second-order valence-electron chi connectivity index (χ2n) is 6.62. The Balaban J connectivity index is 1.88. The summed E-state index contributed by atoms with van der Waals surface area (Å²) < 4.78 is 19.8. The Morgan fingerprint density at radius 2 is 2.08 bits per heavy atom. The molecule has 2 N–H and O–H groups in total. The normalized spacial score (nSPS) is 16.5. The molecule has 1 aromatic heterocycles. The van der Waals surface area contributed by atoms with Crippen LogP contribution in [0.2, 0.25) is 0 Å². The molecule has 0 unspecified atom stereocenters. The first kappa shape index (κ1) is 17.4. The number of aryl methyl sites for hydroxylation is 1. The lowest BCUT2D eigenvalue weighted by molar-refractivity contribution is 0.0315. The maximum atomic E-state index is 14.4. The number of hydrogen-bond acceptors (Lipinski definition) is 4. The molecule has 1 saturated heterocycles. The number of hydrogen-bond donors (Lipinski definition) is 2. The van der Waals surface area contributed by atoms with Crippen LogP contribution < -0.4 is 10.2 Å². The van der Waals surface area contributed by atoms with Gasteiger partial charge in [0, 0.05) is 57.7 Å². The molecule has 1 aliphatic heterocycles. The number of carbonyl (C=O) groups excluding carboxylic acids is 1. The summed E-state index contributed by atoms with van der Waals surface area (Å²) in [7, 11) is 3.65. The Bertz CT molecular complexity index is 766. The first-order chi connectivity index (χ1) is 11.9. The molecule has 1 amide bonds. The Hall–Kier alpha value is -2.41. The van der Waals surface area contributed by atoms with E-state index in [4.69, 9.17) is 4.74 Å². The fourth-order valence-electron chi connectivity index (χ4n) is 3.05. The molecular formula is C18H23FN4O2. The summed E-state index contributed by atoms with van der Waals surface area (Å²) in [5, 5.41) is 3.00. The lowest BCUT2D eigenvalue weighted by atomic mass is 9.88. The Kier molecular flexibility index (Phi) is 4.76. The third-order valence-electron chi connectivity index (χ3n) is 4.57. The average Bonchev–Trinajstić information content (AvgIpc) is 3.02. The molecule has 1 aliphatic rings. The number of nitrogens with zero attached hydrogens (tertiary/aromatic N) is 2. The zero-order chi connectivity index (χ0) is 18.0. The number of aromatic amines is 1. The maximum absolute atomic E-state index is 14.4. The van der Waals surface area contributed by atoms with Gasteiger partial charge in [-0.2, -0.15) is 0 Å². The Labute approximate surface area is 146 Å². The van der Waals surface area contributed by atoms with Gasteiger partial charge in [-0.3, -0.25) is 4.79 Å². The molecule has 1 aromatic carbocycles. The van der Waals surface area contributed by atoms with Crippen LogP contribution in [0.5, 0.6) is 0 Å². The van der Waals surface area contributed by atoms with Crippen molar-refractivity contribution in [3.63, 3.8) is 0 Å². The van der Waals surface area contributed by atoms with Crippen molar-refractivity contribution in [1.82, 2.24) is 15.3 Å². The number of aromatic nitrogens is 2. The van der Waals surface area contributed by atoms with Crippen molar-refractivity contribution < 1.29 is 13.9 Å². The van der Waals surface area contributed by atoms with Crippen molar-refractivity contribution in [3.05, 3.63) is 47.3 Å². The molecule has 6 nitrogen and oxygen atoms in total. The summed E-state index contributed by atoms with van der Waals surface area (Å²) in [5.74, 6) is -0.299. The molecule has 1 fully saturated rings. The van der Waals surface area contributed by atoms with E-state index in [0.717, 1.165) is 5.69 Å². The van der Waals surface area contributed by atoms with Crippen LogP contribution >= 0.6 is 0 Å². The minimum atomic E-state index is -0.670. The number of halogens is 1. The van der Waals surface area contributed by atoms with Crippen LogP contribution in [0.25, 0.3) is 0 Å². The zero-order valence-electron chi connectivity index (χ0n) is 14.7. The molecule has 134 valence electrons. The highest BCUT2D eigenvalue weighted by molar-refractivity contribution is 5.95. The number of H-pyrrole nitrogens is 1. The molecule has 0 aliphatic carbocycles. The first-order valence-electron chi connectivity index (χ1n) is 8.30. The van der Waals surface area contributed by atoms with Crippen molar-refractivity contribution in [2.45, 2.75) is 25.3 Å². The van der Waals surface area contributed by atoms with Crippen molar-refractivity contribution in [1.29, 1.82) is 0 Å².